The van der Waals surface area contributed by atoms with E-state index in [9.17, 15) is 35.1 Å². The number of aliphatic hydroxyl groups excluding tert-OH is 5. The van der Waals surface area contributed by atoms with Crippen molar-refractivity contribution < 1.29 is 49.3 Å². The van der Waals surface area contributed by atoms with Crippen molar-refractivity contribution in [2.75, 3.05) is 19.8 Å². The third-order valence-corrected chi connectivity index (χ3v) is 14.3. The van der Waals surface area contributed by atoms with Crippen LogP contribution < -0.4 is 5.32 Å². The molecule has 0 saturated carbocycles. The molecule has 11 heteroatoms. The Morgan fingerprint density at radius 1 is 0.514 bits per heavy atom. The van der Waals surface area contributed by atoms with E-state index in [4.69, 9.17) is 14.2 Å². The number of esters is 1. The maximum atomic E-state index is 13.0. The van der Waals surface area contributed by atoms with Crippen LogP contribution in [-0.4, -0.2) is 100 Å². The fourth-order valence-corrected chi connectivity index (χ4v) is 9.45. The van der Waals surface area contributed by atoms with Gasteiger partial charge in [0.15, 0.2) is 6.29 Å². The standard InChI is InChI=1S/C61H113NO10/c1-3-5-7-9-11-13-14-15-26-29-33-37-41-45-49-57(66)70-50-46-42-38-34-30-27-24-22-20-18-16-17-19-21-23-25-28-32-36-40-44-48-56(65)62-53(54(64)47-43-39-35-31-12-10-8-6-4-2)52-71-61-60(69)59(68)58(67)55(51-63)72-61/h27,30,38,42-43,47,53-55,58-61,63-64,67-69H,3-26,28-29,31-37,39-41,44-46,48-52H2,1-2H3,(H,62,65)/b30-27-,42-38-,47-43+. The smallest absolute Gasteiger partial charge is 0.305 e. The molecule has 1 amide bonds. The lowest BCUT2D eigenvalue weighted by Crippen LogP contribution is -2.60. The number of carbonyl (C=O) groups is 2. The van der Waals surface area contributed by atoms with E-state index in [1.165, 1.54) is 180 Å². The van der Waals surface area contributed by atoms with Gasteiger partial charge in [0.2, 0.25) is 5.91 Å². The minimum Gasteiger partial charge on any atom is -0.465 e. The van der Waals surface area contributed by atoms with E-state index in [0.29, 0.717) is 19.4 Å². The topological polar surface area (TPSA) is 175 Å². The third kappa shape index (κ3) is 40.2. The van der Waals surface area contributed by atoms with Crippen LogP contribution in [0.3, 0.4) is 0 Å². The van der Waals surface area contributed by atoms with Gasteiger partial charge in [-0.2, -0.15) is 0 Å². The Morgan fingerprint density at radius 3 is 1.40 bits per heavy atom. The van der Waals surface area contributed by atoms with E-state index in [1.54, 1.807) is 6.08 Å². The SMILES string of the molecule is CCCCCCCCC/C=C/C(O)C(COC1OC(CO)C(O)C(O)C1O)NC(=O)CCCCCCCCCCCCCCCC/C=C\C/C=C\CCOC(=O)CCCCCCCCCCCCCCCC. The van der Waals surface area contributed by atoms with Gasteiger partial charge in [0.25, 0.3) is 0 Å². The van der Waals surface area contributed by atoms with Gasteiger partial charge >= 0.3 is 5.97 Å². The van der Waals surface area contributed by atoms with Crippen LogP contribution in [0.2, 0.25) is 0 Å². The summed E-state index contributed by atoms with van der Waals surface area (Å²) in [6, 6.07) is -0.812. The summed E-state index contributed by atoms with van der Waals surface area (Å²) in [5.74, 6) is -0.235. The number of hydrogen-bond acceptors (Lipinski definition) is 10. The van der Waals surface area contributed by atoms with Crippen LogP contribution in [0.5, 0.6) is 0 Å². The van der Waals surface area contributed by atoms with Gasteiger partial charge in [0.05, 0.1) is 32.0 Å². The molecule has 7 unspecified atom stereocenters. The molecule has 1 rings (SSSR count). The maximum absolute atomic E-state index is 13.0. The van der Waals surface area contributed by atoms with Gasteiger partial charge in [-0.1, -0.05) is 249 Å². The minimum atomic E-state index is -1.57. The van der Waals surface area contributed by atoms with Crippen molar-refractivity contribution in [3.8, 4) is 0 Å². The Labute approximate surface area is 441 Å². The Kier molecular flexibility index (Phi) is 48.1. The van der Waals surface area contributed by atoms with E-state index >= 15 is 0 Å². The minimum absolute atomic E-state index is 0.0464. The van der Waals surface area contributed by atoms with E-state index in [0.717, 1.165) is 70.6 Å². The lowest BCUT2D eigenvalue weighted by molar-refractivity contribution is -0.302. The second kappa shape index (κ2) is 51.0. The predicted molar refractivity (Wildman–Crippen MR) is 297 cm³/mol. The quantitative estimate of drug-likeness (QED) is 0.0195. The van der Waals surface area contributed by atoms with Gasteiger partial charge in [0.1, 0.15) is 24.4 Å². The van der Waals surface area contributed by atoms with Crippen molar-refractivity contribution >= 4 is 11.9 Å². The second-order valence-corrected chi connectivity index (χ2v) is 21.1. The van der Waals surface area contributed by atoms with Crippen LogP contribution in [0, 0.1) is 0 Å². The number of unbranched alkanes of at least 4 members (excludes halogenated alkanes) is 34. The average molecular weight is 1020 g/mol. The summed E-state index contributed by atoms with van der Waals surface area (Å²) in [6.45, 7) is 4.21. The Bertz CT molecular complexity index is 1290. The molecular weight excluding hydrogens is 907 g/mol. The zero-order valence-corrected chi connectivity index (χ0v) is 46.4. The van der Waals surface area contributed by atoms with E-state index in [2.05, 4.69) is 43.5 Å². The van der Waals surface area contributed by atoms with Gasteiger partial charge < -0.3 is 45.1 Å². The predicted octanol–water partition coefficient (Wildman–Crippen LogP) is 13.9. The zero-order valence-electron chi connectivity index (χ0n) is 46.4. The second-order valence-electron chi connectivity index (χ2n) is 21.1. The number of rotatable bonds is 52. The molecule has 1 aliphatic heterocycles. The molecule has 1 fully saturated rings. The first-order valence-corrected chi connectivity index (χ1v) is 30.3. The summed E-state index contributed by atoms with van der Waals surface area (Å²) in [4.78, 5) is 25.0. The van der Waals surface area contributed by atoms with Crippen molar-refractivity contribution in [1.82, 2.24) is 5.32 Å². The Morgan fingerprint density at radius 2 is 0.931 bits per heavy atom. The molecule has 1 saturated heterocycles. The molecule has 1 aliphatic rings. The molecular formula is C61H113NO10. The van der Waals surface area contributed by atoms with Gasteiger partial charge in [-0.15, -0.1) is 0 Å². The highest BCUT2D eigenvalue weighted by Crippen LogP contribution is 2.23. The highest BCUT2D eigenvalue weighted by atomic mass is 16.7. The number of ether oxygens (including phenoxy) is 3. The maximum Gasteiger partial charge on any atom is 0.305 e. The summed E-state index contributed by atoms with van der Waals surface area (Å²) in [6.07, 6.45) is 52.7. The fourth-order valence-electron chi connectivity index (χ4n) is 9.45. The first kappa shape index (κ1) is 67.9. The van der Waals surface area contributed by atoms with Crippen LogP contribution in [0.4, 0.5) is 0 Å². The monoisotopic (exact) mass is 1020 g/mol. The van der Waals surface area contributed by atoms with Crippen LogP contribution in [0.15, 0.2) is 36.5 Å². The van der Waals surface area contributed by atoms with Crippen LogP contribution in [0.25, 0.3) is 0 Å². The van der Waals surface area contributed by atoms with Crippen LogP contribution in [0.1, 0.15) is 277 Å². The number of nitrogens with one attached hydrogen (secondary N) is 1. The molecule has 72 heavy (non-hydrogen) atoms. The molecule has 6 N–H and O–H groups in total. The first-order chi connectivity index (χ1) is 35.2. The van der Waals surface area contributed by atoms with Gasteiger partial charge in [-0.3, -0.25) is 9.59 Å². The number of aliphatic hydroxyl groups is 5. The number of carbonyl (C=O) groups excluding carboxylic acids is 2. The summed E-state index contributed by atoms with van der Waals surface area (Å²) in [5, 5.41) is 54.2. The molecule has 11 nitrogen and oxygen atoms in total. The van der Waals surface area contributed by atoms with E-state index in [1.807, 2.05) is 6.08 Å². The van der Waals surface area contributed by atoms with Crippen molar-refractivity contribution in [2.45, 2.75) is 320 Å². The first-order valence-electron chi connectivity index (χ1n) is 30.3. The summed E-state index contributed by atoms with van der Waals surface area (Å²) >= 11 is 0. The molecule has 422 valence electrons. The van der Waals surface area contributed by atoms with Crippen LogP contribution in [-0.2, 0) is 23.8 Å². The highest BCUT2D eigenvalue weighted by Gasteiger charge is 2.44. The highest BCUT2D eigenvalue weighted by molar-refractivity contribution is 5.76. The van der Waals surface area contributed by atoms with E-state index in [-0.39, 0.29) is 18.5 Å². The molecule has 7 atom stereocenters. The average Bonchev–Trinajstić information content (AvgIpc) is 3.38. The molecule has 0 spiro atoms. The third-order valence-electron chi connectivity index (χ3n) is 14.3. The van der Waals surface area contributed by atoms with Crippen molar-refractivity contribution in [2.24, 2.45) is 0 Å². The fraction of sp³-hybridized carbons (Fsp3) is 0.869. The molecule has 0 aromatic carbocycles. The largest absolute Gasteiger partial charge is 0.465 e. The normalized spacial score (nSPS) is 19.2. The summed E-state index contributed by atoms with van der Waals surface area (Å²) in [5.41, 5.74) is 0. The van der Waals surface area contributed by atoms with Gasteiger partial charge in [-0.25, -0.2) is 0 Å². The number of amides is 1. The summed E-state index contributed by atoms with van der Waals surface area (Å²) < 4.78 is 16.6. The number of hydrogen-bond donors (Lipinski definition) is 6. The lowest BCUT2D eigenvalue weighted by atomic mass is 9.99. The molecule has 0 aromatic heterocycles. The van der Waals surface area contributed by atoms with Crippen molar-refractivity contribution in [1.29, 1.82) is 0 Å². The van der Waals surface area contributed by atoms with Gasteiger partial charge in [-0.05, 0) is 51.4 Å². The summed E-state index contributed by atoms with van der Waals surface area (Å²) in [7, 11) is 0. The van der Waals surface area contributed by atoms with E-state index < -0.39 is 49.5 Å². The molecule has 1 heterocycles. The lowest BCUT2D eigenvalue weighted by Gasteiger charge is -2.40. The van der Waals surface area contributed by atoms with Gasteiger partial charge in [0, 0.05) is 12.8 Å². The van der Waals surface area contributed by atoms with Crippen LogP contribution >= 0.6 is 0 Å². The van der Waals surface area contributed by atoms with Crippen molar-refractivity contribution in [3.63, 3.8) is 0 Å². The Balaban J connectivity index is 2.03. The molecule has 0 bridgehead atoms. The Hall–Kier alpha value is -2.12. The molecule has 0 aromatic rings. The number of allylic oxidation sites excluding steroid dienone is 4. The zero-order chi connectivity index (χ0) is 52.4. The molecule has 0 radical (unpaired) electrons. The van der Waals surface area contributed by atoms with Crippen molar-refractivity contribution in [3.05, 3.63) is 36.5 Å². The molecule has 0 aliphatic carbocycles.